The van der Waals surface area contributed by atoms with Crippen molar-refractivity contribution in [2.75, 3.05) is 5.32 Å². The van der Waals surface area contributed by atoms with E-state index in [9.17, 15) is 43.8 Å². The van der Waals surface area contributed by atoms with Crippen LogP contribution in [0.1, 0.15) is 40.0 Å². The number of carbonyl (C=O) groups excluding carboxylic acids is 6. The van der Waals surface area contributed by atoms with Gasteiger partial charge in [-0.25, -0.2) is 4.79 Å². The summed E-state index contributed by atoms with van der Waals surface area (Å²) in [5, 5.41) is 39.2. The number of aliphatic hydroxyl groups is 1. The summed E-state index contributed by atoms with van der Waals surface area (Å²) < 4.78 is 0. The second-order valence-electron chi connectivity index (χ2n) is 17.1. The molecule has 6 amide bonds. The van der Waals surface area contributed by atoms with Gasteiger partial charge in [0.15, 0.2) is 0 Å². The molecular formula is C54H54N6O9S. The molecule has 2 aliphatic rings. The summed E-state index contributed by atoms with van der Waals surface area (Å²) in [6, 6.07) is 38.3. The van der Waals surface area contributed by atoms with Crippen LogP contribution in [0.15, 0.2) is 157 Å². The molecule has 8 rings (SSSR count). The van der Waals surface area contributed by atoms with Crippen LogP contribution in [0.4, 0.5) is 5.69 Å². The number of aryl methyl sites for hydroxylation is 1. The number of anilines is 1. The number of hydrogen-bond donors (Lipinski definition) is 8. The average Bonchev–Trinajstić information content (AvgIpc) is 3.89. The van der Waals surface area contributed by atoms with Crippen molar-refractivity contribution in [1.82, 2.24) is 26.6 Å². The molecule has 16 heteroatoms. The van der Waals surface area contributed by atoms with E-state index >= 15 is 0 Å². The van der Waals surface area contributed by atoms with Gasteiger partial charge in [0.1, 0.15) is 36.3 Å². The van der Waals surface area contributed by atoms with Gasteiger partial charge in [0.25, 0.3) is 5.91 Å². The number of rotatable bonds is 13. The van der Waals surface area contributed by atoms with E-state index in [0.717, 1.165) is 21.6 Å². The zero-order valence-electron chi connectivity index (χ0n) is 38.1. The Hall–Kier alpha value is -7.95. The molecule has 15 nitrogen and oxygen atoms in total. The molecule has 2 bridgehead atoms. The van der Waals surface area contributed by atoms with Crippen LogP contribution < -0.4 is 31.9 Å². The molecule has 0 saturated heterocycles. The Bertz CT molecular complexity index is 2720. The van der Waals surface area contributed by atoms with Crippen molar-refractivity contribution in [3.63, 3.8) is 0 Å². The Balaban J connectivity index is 1.24. The standard InChI is InChI=1S/C54H54N6O9S/c61-47-33-48(62)56-45(32-41-17-10-28-70-41)52(66)59-43(29-36-18-23-39(24-19-36)38-15-8-3-9-16-38)50(64)57-42(27-22-34-11-4-1-5-12-34)49(63)58-44(30-37-20-25-40(26-21-37)55-53(47)67)51(65)60-46(54(68)69)31-35-13-6-2-7-14-35/h1-21,23-26,28,42-47,61H,22,27,29-33H2,(H,55,67)(H,56,62)(H,57,64)(H,58,63)(H,59,66)(H,60,65)(H,68,69)/t42-,43+,44-,45-,46+,47-/m1/s1. The monoisotopic (exact) mass is 962 g/mol. The molecule has 0 aliphatic carbocycles. The van der Waals surface area contributed by atoms with Gasteiger partial charge in [0, 0.05) is 36.2 Å². The van der Waals surface area contributed by atoms with E-state index in [1.54, 1.807) is 54.6 Å². The quantitative estimate of drug-likeness (QED) is 0.0760. The maximum atomic E-state index is 14.8. The van der Waals surface area contributed by atoms with Crippen molar-refractivity contribution in [3.05, 3.63) is 184 Å². The number of aliphatic carboxylic acids is 1. The number of carboxylic acid groups (broad SMARTS) is 1. The van der Waals surface area contributed by atoms with Gasteiger partial charge in [-0.2, -0.15) is 0 Å². The van der Waals surface area contributed by atoms with Gasteiger partial charge < -0.3 is 42.1 Å². The molecule has 6 atom stereocenters. The van der Waals surface area contributed by atoms with Gasteiger partial charge in [-0.1, -0.05) is 133 Å². The first-order valence-corrected chi connectivity index (χ1v) is 23.8. The fraction of sp³-hybridized carbons (Fsp3) is 0.241. The van der Waals surface area contributed by atoms with Gasteiger partial charge in [0.2, 0.25) is 29.5 Å². The summed E-state index contributed by atoms with van der Waals surface area (Å²) >= 11 is 1.35. The number of carbonyl (C=O) groups is 7. The molecule has 70 heavy (non-hydrogen) atoms. The Morgan fingerprint density at radius 1 is 0.586 bits per heavy atom. The second kappa shape index (κ2) is 24.4. The molecular weight excluding hydrogens is 909 g/mol. The summed E-state index contributed by atoms with van der Waals surface area (Å²) in [6.07, 6.45) is -2.34. The minimum atomic E-state index is -1.81. The predicted molar refractivity (Wildman–Crippen MR) is 265 cm³/mol. The maximum Gasteiger partial charge on any atom is 0.326 e. The average molecular weight is 963 g/mol. The molecule has 0 fully saturated rings. The van der Waals surface area contributed by atoms with Crippen LogP contribution in [0.25, 0.3) is 11.1 Å². The van der Waals surface area contributed by atoms with E-state index in [4.69, 9.17) is 0 Å². The minimum Gasteiger partial charge on any atom is -0.480 e. The topological polar surface area (TPSA) is 232 Å². The van der Waals surface area contributed by atoms with E-state index < -0.39 is 84.1 Å². The third-order valence-corrected chi connectivity index (χ3v) is 12.7. The summed E-state index contributed by atoms with van der Waals surface area (Å²) in [5.41, 5.74) is 4.82. The number of benzene rings is 5. The fourth-order valence-corrected chi connectivity index (χ4v) is 8.78. The minimum absolute atomic E-state index is 0.0175. The highest BCUT2D eigenvalue weighted by molar-refractivity contribution is 7.09. The van der Waals surface area contributed by atoms with E-state index in [1.165, 1.54) is 23.5 Å². The predicted octanol–water partition coefficient (Wildman–Crippen LogP) is 4.53. The molecule has 0 spiro atoms. The lowest BCUT2D eigenvalue weighted by molar-refractivity contribution is -0.142. The van der Waals surface area contributed by atoms with Crippen LogP contribution in [-0.4, -0.2) is 87.9 Å². The van der Waals surface area contributed by atoms with Crippen molar-refractivity contribution >= 4 is 58.4 Å². The number of hydrogen-bond acceptors (Lipinski definition) is 9. The molecule has 360 valence electrons. The highest BCUT2D eigenvalue weighted by Crippen LogP contribution is 2.21. The molecule has 0 saturated carbocycles. The van der Waals surface area contributed by atoms with Gasteiger partial charge >= 0.3 is 5.97 Å². The highest BCUT2D eigenvalue weighted by Gasteiger charge is 2.34. The molecule has 2 aliphatic heterocycles. The van der Waals surface area contributed by atoms with Crippen LogP contribution in [0.2, 0.25) is 0 Å². The van der Waals surface area contributed by atoms with Crippen LogP contribution >= 0.6 is 11.3 Å². The van der Waals surface area contributed by atoms with Gasteiger partial charge in [-0.3, -0.25) is 28.8 Å². The van der Waals surface area contributed by atoms with E-state index in [0.29, 0.717) is 23.1 Å². The maximum absolute atomic E-state index is 14.8. The Morgan fingerprint density at radius 2 is 1.17 bits per heavy atom. The molecule has 6 aromatic rings. The van der Waals surface area contributed by atoms with Gasteiger partial charge in [0.05, 0.1) is 6.42 Å². The summed E-state index contributed by atoms with van der Waals surface area (Å²) in [6.45, 7) is 0. The fourth-order valence-electron chi connectivity index (χ4n) is 8.03. The molecule has 0 unspecified atom stereocenters. The number of thiophene rings is 1. The van der Waals surface area contributed by atoms with Crippen molar-refractivity contribution in [3.8, 4) is 11.1 Å². The van der Waals surface area contributed by atoms with Crippen molar-refractivity contribution in [1.29, 1.82) is 0 Å². The highest BCUT2D eigenvalue weighted by atomic mass is 32.1. The second-order valence-corrected chi connectivity index (χ2v) is 18.1. The summed E-state index contributed by atoms with van der Waals surface area (Å²) in [7, 11) is 0. The van der Waals surface area contributed by atoms with Crippen molar-refractivity contribution in [2.24, 2.45) is 0 Å². The third kappa shape index (κ3) is 14.5. The van der Waals surface area contributed by atoms with Crippen molar-refractivity contribution in [2.45, 2.75) is 81.3 Å². The molecule has 8 N–H and O–H groups in total. The van der Waals surface area contributed by atoms with Crippen LogP contribution in [0, 0.1) is 0 Å². The number of fused-ring (bicyclic) bond motifs is 18. The molecule has 3 heterocycles. The van der Waals surface area contributed by atoms with Gasteiger partial charge in [-0.05, 0) is 69.8 Å². The molecule has 0 radical (unpaired) electrons. The Morgan fingerprint density at radius 3 is 1.80 bits per heavy atom. The van der Waals surface area contributed by atoms with Crippen molar-refractivity contribution < 1.29 is 43.8 Å². The SMILES string of the molecule is O=C1C[C@@H](O)C(=O)Nc2ccc(cc2)C[C@H](C(=O)N[C@@H](Cc2ccccc2)C(=O)O)NC(=O)[C@@H](CCc2ccccc2)NC(=O)[C@H](Cc2ccc(-c3ccccc3)cc2)NC(=O)[C@@H](Cc2cccs2)N1. The Labute approximate surface area is 409 Å². The number of amides is 6. The third-order valence-electron chi connectivity index (χ3n) is 11.8. The summed E-state index contributed by atoms with van der Waals surface area (Å²) in [4.78, 5) is 98.0. The molecule has 5 aromatic carbocycles. The first kappa shape index (κ1) is 49.9. The Kier molecular flexibility index (Phi) is 17.4. The van der Waals surface area contributed by atoms with Gasteiger partial charge in [-0.15, -0.1) is 11.3 Å². The number of carboxylic acids is 1. The lowest BCUT2D eigenvalue weighted by Crippen LogP contribution is -2.60. The smallest absolute Gasteiger partial charge is 0.326 e. The first-order valence-electron chi connectivity index (χ1n) is 22.9. The van der Waals surface area contributed by atoms with Crippen LogP contribution in [0.3, 0.4) is 0 Å². The van der Waals surface area contributed by atoms with Crippen LogP contribution in [-0.2, 0) is 65.7 Å². The van der Waals surface area contributed by atoms with E-state index in [2.05, 4.69) is 31.9 Å². The summed E-state index contributed by atoms with van der Waals surface area (Å²) in [5.74, 6) is -6.01. The first-order chi connectivity index (χ1) is 33.9. The van der Waals surface area contributed by atoms with E-state index in [-0.39, 0.29) is 37.8 Å². The normalized spacial score (nSPS) is 19.8. The van der Waals surface area contributed by atoms with Crippen LogP contribution in [0.5, 0.6) is 0 Å². The lowest BCUT2D eigenvalue weighted by Gasteiger charge is -2.27. The number of aliphatic hydroxyl groups excluding tert-OH is 1. The largest absolute Gasteiger partial charge is 0.480 e. The molecule has 1 aromatic heterocycles. The number of nitrogens with one attached hydrogen (secondary N) is 6. The zero-order chi connectivity index (χ0) is 49.4. The zero-order valence-corrected chi connectivity index (χ0v) is 38.9. The van der Waals surface area contributed by atoms with E-state index in [1.807, 2.05) is 90.3 Å². The lowest BCUT2D eigenvalue weighted by atomic mass is 9.98.